The van der Waals surface area contributed by atoms with Crippen LogP contribution in [0.5, 0.6) is 0 Å². The van der Waals surface area contributed by atoms with Crippen LogP contribution in [0.25, 0.3) is 0 Å². The van der Waals surface area contributed by atoms with Gasteiger partial charge in [-0.1, -0.05) is 0 Å². The SMILES string of the molecule is CC(C)n1nc(C(F)(F)F)cc1C1[C@@H]2CC(N3CCC[C@@]4(CCSC4)C3)C[C@@H]12. The Morgan fingerprint density at radius 2 is 1.96 bits per heavy atom. The molecule has 1 aromatic rings. The molecule has 7 heteroatoms. The second-order valence-corrected chi connectivity index (χ2v) is 11.0. The summed E-state index contributed by atoms with van der Waals surface area (Å²) in [6.45, 7) is 6.30. The van der Waals surface area contributed by atoms with Gasteiger partial charge in [0.2, 0.25) is 0 Å². The van der Waals surface area contributed by atoms with Crippen LogP contribution in [0, 0.1) is 17.3 Å². The summed E-state index contributed by atoms with van der Waals surface area (Å²) in [5, 5.41) is 3.91. The first-order valence-corrected chi connectivity index (χ1v) is 11.9. The van der Waals surface area contributed by atoms with Crippen molar-refractivity contribution in [3.8, 4) is 0 Å². The maximum Gasteiger partial charge on any atom is 0.435 e. The molecule has 1 spiro atoms. The van der Waals surface area contributed by atoms with Gasteiger partial charge in [-0.25, -0.2) is 0 Å². The molecule has 0 amide bonds. The molecule has 1 aromatic heterocycles. The third-order valence-corrected chi connectivity index (χ3v) is 9.01. The fourth-order valence-electron chi connectivity index (χ4n) is 6.29. The Bertz CT molecular complexity index is 726. The highest BCUT2D eigenvalue weighted by Gasteiger charge is 2.59. The quantitative estimate of drug-likeness (QED) is 0.680. The van der Waals surface area contributed by atoms with Crippen LogP contribution in [0.2, 0.25) is 0 Å². The maximum atomic E-state index is 13.2. The number of aromatic nitrogens is 2. The van der Waals surface area contributed by atoms with Gasteiger partial charge in [-0.05, 0) is 81.6 Å². The van der Waals surface area contributed by atoms with Crippen molar-refractivity contribution in [3.63, 3.8) is 0 Å². The monoisotopic (exact) mass is 413 g/mol. The first kappa shape index (κ1) is 19.3. The number of alkyl halides is 3. The molecule has 4 fully saturated rings. The lowest BCUT2D eigenvalue weighted by Crippen LogP contribution is -2.47. The Morgan fingerprint density at radius 1 is 1.21 bits per heavy atom. The fourth-order valence-corrected chi connectivity index (χ4v) is 7.82. The zero-order valence-corrected chi connectivity index (χ0v) is 17.5. The molecular formula is C21H30F3N3S. The van der Waals surface area contributed by atoms with Crippen molar-refractivity contribution in [2.24, 2.45) is 17.3 Å². The van der Waals surface area contributed by atoms with E-state index in [4.69, 9.17) is 0 Å². The number of hydrogen-bond donors (Lipinski definition) is 0. The molecule has 4 aliphatic rings. The van der Waals surface area contributed by atoms with Crippen molar-refractivity contribution < 1.29 is 13.2 Å². The average Bonchev–Trinajstić information content (AvgIpc) is 3.11. The second kappa shape index (κ2) is 6.66. The van der Waals surface area contributed by atoms with Gasteiger partial charge >= 0.3 is 6.18 Å². The van der Waals surface area contributed by atoms with E-state index in [1.807, 2.05) is 13.8 Å². The summed E-state index contributed by atoms with van der Waals surface area (Å²) in [7, 11) is 0. The summed E-state index contributed by atoms with van der Waals surface area (Å²) >= 11 is 2.11. The molecule has 28 heavy (non-hydrogen) atoms. The zero-order valence-electron chi connectivity index (χ0n) is 16.7. The van der Waals surface area contributed by atoms with Gasteiger partial charge < -0.3 is 0 Å². The van der Waals surface area contributed by atoms with Crippen LogP contribution in [-0.2, 0) is 6.18 Å². The van der Waals surface area contributed by atoms with Gasteiger partial charge in [-0.3, -0.25) is 9.58 Å². The standard InChI is InChI=1S/C21H30F3N3S/c1-13(2)27-17(10-18(25-27)21(22,23)24)19-15-8-14(9-16(15)19)26-6-3-4-20(11-26)5-7-28-12-20/h10,13-16,19H,3-9,11-12H2,1-2H3/t14?,15-,16-,19?,20-/m1/s1. The number of likely N-dealkylation sites (tertiary alicyclic amines) is 1. The number of piperidine rings is 1. The molecule has 2 aliphatic carbocycles. The van der Waals surface area contributed by atoms with E-state index in [-0.39, 0.29) is 12.0 Å². The zero-order chi connectivity index (χ0) is 19.7. The molecule has 156 valence electrons. The molecule has 5 rings (SSSR count). The van der Waals surface area contributed by atoms with Crippen molar-refractivity contribution in [3.05, 3.63) is 17.5 Å². The molecule has 3 heterocycles. The lowest BCUT2D eigenvalue weighted by atomic mass is 9.79. The van der Waals surface area contributed by atoms with E-state index in [9.17, 15) is 13.2 Å². The number of nitrogens with zero attached hydrogens (tertiary/aromatic N) is 3. The van der Waals surface area contributed by atoms with E-state index in [1.54, 1.807) is 4.68 Å². The topological polar surface area (TPSA) is 21.1 Å². The Balaban J connectivity index is 1.28. The van der Waals surface area contributed by atoms with Gasteiger partial charge in [0.25, 0.3) is 0 Å². The molecule has 0 radical (unpaired) electrons. The van der Waals surface area contributed by atoms with E-state index in [0.29, 0.717) is 23.3 Å². The van der Waals surface area contributed by atoms with Crippen LogP contribution < -0.4 is 0 Å². The summed E-state index contributed by atoms with van der Waals surface area (Å²) in [5.74, 6) is 4.02. The highest BCUT2D eigenvalue weighted by atomic mass is 32.2. The van der Waals surface area contributed by atoms with E-state index < -0.39 is 11.9 Å². The van der Waals surface area contributed by atoms with Crippen molar-refractivity contribution in [1.29, 1.82) is 0 Å². The summed E-state index contributed by atoms with van der Waals surface area (Å²) in [6, 6.07) is 1.93. The van der Waals surface area contributed by atoms with Gasteiger partial charge in [0.05, 0.1) is 0 Å². The lowest BCUT2D eigenvalue weighted by molar-refractivity contribution is -0.141. The van der Waals surface area contributed by atoms with Crippen LogP contribution in [0.3, 0.4) is 0 Å². The number of fused-ring (bicyclic) bond motifs is 1. The van der Waals surface area contributed by atoms with E-state index in [1.165, 1.54) is 49.9 Å². The first-order valence-electron chi connectivity index (χ1n) is 10.8. The number of thioether (sulfide) groups is 1. The Hall–Kier alpha value is -0.690. The van der Waals surface area contributed by atoms with E-state index in [2.05, 4.69) is 21.8 Å². The summed E-state index contributed by atoms with van der Waals surface area (Å²) < 4.78 is 41.2. The first-order chi connectivity index (χ1) is 13.3. The molecule has 2 saturated heterocycles. The molecule has 0 bridgehead atoms. The average molecular weight is 414 g/mol. The molecule has 3 atom stereocenters. The number of rotatable bonds is 3. The predicted molar refractivity (Wildman–Crippen MR) is 106 cm³/mol. The Morgan fingerprint density at radius 3 is 2.57 bits per heavy atom. The second-order valence-electron chi connectivity index (χ2n) is 9.85. The van der Waals surface area contributed by atoms with Gasteiger partial charge in [-0.2, -0.15) is 30.0 Å². The van der Waals surface area contributed by atoms with Crippen LogP contribution in [0.1, 0.15) is 69.3 Å². The summed E-state index contributed by atoms with van der Waals surface area (Å²) in [5.41, 5.74) is 0.639. The molecule has 0 aromatic carbocycles. The highest BCUT2D eigenvalue weighted by molar-refractivity contribution is 7.99. The van der Waals surface area contributed by atoms with E-state index in [0.717, 1.165) is 18.5 Å². The van der Waals surface area contributed by atoms with Gasteiger partial charge in [0.15, 0.2) is 5.69 Å². The Labute approximate surface area is 169 Å². The number of hydrogen-bond acceptors (Lipinski definition) is 3. The van der Waals surface area contributed by atoms with Gasteiger partial charge in [-0.15, -0.1) is 0 Å². The molecule has 0 N–H and O–H groups in total. The van der Waals surface area contributed by atoms with Crippen molar-refractivity contribution in [2.45, 2.75) is 70.1 Å². The van der Waals surface area contributed by atoms with Gasteiger partial charge in [0, 0.05) is 36.0 Å². The van der Waals surface area contributed by atoms with Gasteiger partial charge in [0.1, 0.15) is 0 Å². The minimum Gasteiger partial charge on any atom is -0.300 e. The van der Waals surface area contributed by atoms with E-state index >= 15 is 0 Å². The largest absolute Gasteiger partial charge is 0.435 e. The minimum absolute atomic E-state index is 0.0370. The molecule has 2 saturated carbocycles. The molecule has 2 aliphatic heterocycles. The minimum atomic E-state index is -4.36. The van der Waals surface area contributed by atoms with Crippen molar-refractivity contribution >= 4 is 11.8 Å². The van der Waals surface area contributed by atoms with Crippen molar-refractivity contribution in [2.75, 3.05) is 24.6 Å². The van der Waals surface area contributed by atoms with Crippen molar-refractivity contribution in [1.82, 2.24) is 14.7 Å². The molecule has 3 nitrogen and oxygen atoms in total. The Kier molecular flexibility index (Phi) is 4.59. The summed E-state index contributed by atoms with van der Waals surface area (Å²) in [6.07, 6.45) is 2.01. The third kappa shape index (κ3) is 3.21. The fraction of sp³-hybridized carbons (Fsp3) is 0.857. The lowest BCUT2D eigenvalue weighted by Gasteiger charge is -2.43. The van der Waals surface area contributed by atoms with Crippen LogP contribution in [-0.4, -0.2) is 45.3 Å². The maximum absolute atomic E-state index is 13.2. The predicted octanol–water partition coefficient (Wildman–Crippen LogP) is 5.19. The summed E-state index contributed by atoms with van der Waals surface area (Å²) in [4.78, 5) is 2.74. The van der Waals surface area contributed by atoms with Crippen LogP contribution in [0.4, 0.5) is 13.2 Å². The normalized spacial score (nSPS) is 36.6. The number of halogens is 3. The van der Waals surface area contributed by atoms with Crippen LogP contribution in [0.15, 0.2) is 6.07 Å². The smallest absolute Gasteiger partial charge is 0.300 e. The highest BCUT2D eigenvalue weighted by Crippen LogP contribution is 2.64. The van der Waals surface area contributed by atoms with Crippen LogP contribution >= 0.6 is 11.8 Å². The molecule has 0 unspecified atom stereocenters. The third-order valence-electron chi connectivity index (χ3n) is 7.70. The molecular weight excluding hydrogens is 383 g/mol.